The molecule has 0 rings (SSSR count). The number of ether oxygens (including phenoxy) is 1. The van der Waals surface area contributed by atoms with Gasteiger partial charge >= 0.3 is 5.97 Å². The van der Waals surface area contributed by atoms with Crippen LogP contribution in [0.25, 0.3) is 0 Å². The minimum absolute atomic E-state index is 0.0900. The van der Waals surface area contributed by atoms with Gasteiger partial charge in [-0.1, -0.05) is 6.58 Å². The molecule has 0 bridgehead atoms. The predicted molar refractivity (Wildman–Crippen MR) is 33.0 cm³/mol. The van der Waals surface area contributed by atoms with Crippen molar-refractivity contribution < 1.29 is 14.6 Å². The molecule has 0 atom stereocenters. The van der Waals surface area contributed by atoms with Crippen LogP contribution >= 0.6 is 0 Å². The first-order chi connectivity index (χ1) is 4.16. The van der Waals surface area contributed by atoms with E-state index in [2.05, 4.69) is 11.3 Å². The third-order valence-corrected chi connectivity index (χ3v) is 0.906. The third kappa shape index (κ3) is 4.87. The van der Waals surface area contributed by atoms with Gasteiger partial charge in [0.2, 0.25) is 0 Å². The van der Waals surface area contributed by atoms with Gasteiger partial charge in [0.25, 0.3) is 0 Å². The number of rotatable bonds is 4. The van der Waals surface area contributed by atoms with Crippen LogP contribution < -0.4 is 0 Å². The van der Waals surface area contributed by atoms with Crippen molar-refractivity contribution in [3.05, 3.63) is 12.3 Å². The number of carboxylic acid groups (broad SMARTS) is 1. The second-order valence-corrected chi connectivity index (χ2v) is 1.64. The number of allylic oxidation sites excluding steroid dienone is 1. The van der Waals surface area contributed by atoms with Crippen LogP contribution in [-0.2, 0) is 9.53 Å². The molecule has 0 aliphatic heterocycles. The van der Waals surface area contributed by atoms with Gasteiger partial charge in [-0.2, -0.15) is 0 Å². The first-order valence-electron chi connectivity index (χ1n) is 2.60. The first kappa shape index (κ1) is 8.01. The van der Waals surface area contributed by atoms with Crippen molar-refractivity contribution in [2.45, 2.75) is 12.8 Å². The molecule has 0 saturated carbocycles. The van der Waals surface area contributed by atoms with Gasteiger partial charge in [0.05, 0.1) is 19.3 Å². The molecule has 0 aromatic heterocycles. The number of hydrogen-bond acceptors (Lipinski definition) is 2. The van der Waals surface area contributed by atoms with Crippen LogP contribution in [-0.4, -0.2) is 18.2 Å². The molecule has 0 aromatic rings. The lowest BCUT2D eigenvalue weighted by atomic mass is 10.3. The molecule has 0 aliphatic rings. The summed E-state index contributed by atoms with van der Waals surface area (Å²) in [4.78, 5) is 9.92. The van der Waals surface area contributed by atoms with Gasteiger partial charge in [-0.25, -0.2) is 0 Å². The van der Waals surface area contributed by atoms with Crippen LogP contribution in [0.4, 0.5) is 0 Å². The van der Waals surface area contributed by atoms with Gasteiger partial charge in [-0.05, 0) is 0 Å². The largest absolute Gasteiger partial charge is 0.502 e. The van der Waals surface area contributed by atoms with E-state index in [9.17, 15) is 4.79 Å². The average molecular weight is 130 g/mol. The van der Waals surface area contributed by atoms with Gasteiger partial charge in [0.15, 0.2) is 0 Å². The summed E-state index contributed by atoms with van der Waals surface area (Å²) in [6, 6.07) is 0. The number of aliphatic carboxylic acids is 1. The van der Waals surface area contributed by atoms with E-state index < -0.39 is 5.97 Å². The van der Waals surface area contributed by atoms with Crippen molar-refractivity contribution in [3.63, 3.8) is 0 Å². The van der Waals surface area contributed by atoms with Crippen LogP contribution in [0.3, 0.4) is 0 Å². The highest BCUT2D eigenvalue weighted by Gasteiger charge is 1.97. The van der Waals surface area contributed by atoms with Crippen molar-refractivity contribution >= 4 is 5.97 Å². The summed E-state index contributed by atoms with van der Waals surface area (Å²) in [7, 11) is 1.48. The fourth-order valence-electron chi connectivity index (χ4n) is 0.348. The van der Waals surface area contributed by atoms with Crippen molar-refractivity contribution in [1.82, 2.24) is 0 Å². The van der Waals surface area contributed by atoms with Crippen molar-refractivity contribution in [1.29, 1.82) is 0 Å². The monoisotopic (exact) mass is 130 g/mol. The summed E-state index contributed by atoms with van der Waals surface area (Å²) in [6.45, 7) is 3.46. The molecule has 1 N–H and O–H groups in total. The van der Waals surface area contributed by atoms with E-state index >= 15 is 0 Å². The van der Waals surface area contributed by atoms with Gasteiger partial charge < -0.3 is 9.84 Å². The zero-order valence-corrected chi connectivity index (χ0v) is 5.39. The summed E-state index contributed by atoms with van der Waals surface area (Å²) >= 11 is 0. The van der Waals surface area contributed by atoms with E-state index in [0.29, 0.717) is 12.2 Å². The molecule has 3 heteroatoms. The number of hydrogen-bond donors (Lipinski definition) is 1. The Morgan fingerprint density at radius 2 is 2.22 bits per heavy atom. The minimum atomic E-state index is -0.826. The molecular weight excluding hydrogens is 120 g/mol. The highest BCUT2D eigenvalue weighted by Crippen LogP contribution is 2.00. The van der Waals surface area contributed by atoms with Crippen LogP contribution in [0.15, 0.2) is 12.3 Å². The number of methoxy groups -OCH3 is 1. The number of carboxylic acids is 1. The van der Waals surface area contributed by atoms with Crippen molar-refractivity contribution in [2.24, 2.45) is 0 Å². The van der Waals surface area contributed by atoms with Gasteiger partial charge in [-0.3, -0.25) is 4.79 Å². The maximum Gasteiger partial charge on any atom is 0.303 e. The Labute approximate surface area is 53.9 Å². The summed E-state index contributed by atoms with van der Waals surface area (Å²) in [6.07, 6.45) is 0.485. The number of carbonyl (C=O) groups is 1. The predicted octanol–water partition coefficient (Wildman–Crippen LogP) is 1.01. The second kappa shape index (κ2) is 3.95. The quantitative estimate of drug-likeness (QED) is 0.578. The molecule has 0 amide bonds. The van der Waals surface area contributed by atoms with Crippen LogP contribution in [0, 0.1) is 0 Å². The van der Waals surface area contributed by atoms with Crippen LogP contribution in [0.2, 0.25) is 0 Å². The Hall–Kier alpha value is -0.990. The molecule has 9 heavy (non-hydrogen) atoms. The van der Waals surface area contributed by atoms with Gasteiger partial charge in [0.1, 0.15) is 0 Å². The third-order valence-electron chi connectivity index (χ3n) is 0.906. The molecular formula is C6H10O3. The summed E-state index contributed by atoms with van der Waals surface area (Å²) in [5.41, 5.74) is 0. The summed E-state index contributed by atoms with van der Waals surface area (Å²) in [5, 5.41) is 8.16. The summed E-state index contributed by atoms with van der Waals surface area (Å²) in [5.74, 6) is -0.314. The fourth-order valence-corrected chi connectivity index (χ4v) is 0.348. The molecule has 0 fully saturated rings. The first-order valence-corrected chi connectivity index (χ1v) is 2.60. The highest BCUT2D eigenvalue weighted by atomic mass is 16.5. The zero-order chi connectivity index (χ0) is 7.28. The smallest absolute Gasteiger partial charge is 0.303 e. The van der Waals surface area contributed by atoms with E-state index in [-0.39, 0.29) is 6.42 Å². The second-order valence-electron chi connectivity index (χ2n) is 1.64. The normalized spacial score (nSPS) is 8.56. The Balaban J connectivity index is 3.28. The molecule has 0 aromatic carbocycles. The van der Waals surface area contributed by atoms with E-state index in [1.165, 1.54) is 7.11 Å². The molecule has 0 unspecified atom stereocenters. The standard InChI is InChI=1S/C6H10O3/c1-5(9-2)3-4-6(7)8/h1,3-4H2,2H3,(H,7,8). The van der Waals surface area contributed by atoms with E-state index in [4.69, 9.17) is 5.11 Å². The zero-order valence-electron chi connectivity index (χ0n) is 5.39. The Morgan fingerprint density at radius 3 is 2.56 bits per heavy atom. The maximum absolute atomic E-state index is 9.92. The molecule has 52 valence electrons. The Bertz CT molecular complexity index is 117. The van der Waals surface area contributed by atoms with Gasteiger partial charge in [0, 0.05) is 6.42 Å². The van der Waals surface area contributed by atoms with Crippen molar-refractivity contribution in [3.8, 4) is 0 Å². The van der Waals surface area contributed by atoms with E-state index in [1.54, 1.807) is 0 Å². The van der Waals surface area contributed by atoms with E-state index in [0.717, 1.165) is 0 Å². The summed E-state index contributed by atoms with van der Waals surface area (Å²) < 4.78 is 4.64. The topological polar surface area (TPSA) is 46.5 Å². The lowest BCUT2D eigenvalue weighted by Crippen LogP contribution is -1.95. The molecule has 0 spiro atoms. The fraction of sp³-hybridized carbons (Fsp3) is 0.500. The molecule has 0 saturated heterocycles. The Morgan fingerprint density at radius 1 is 1.67 bits per heavy atom. The van der Waals surface area contributed by atoms with Crippen LogP contribution in [0.1, 0.15) is 12.8 Å². The lowest BCUT2D eigenvalue weighted by Gasteiger charge is -1.99. The SMILES string of the molecule is C=C(CCC(=O)O)OC. The molecule has 0 radical (unpaired) electrons. The molecule has 0 heterocycles. The van der Waals surface area contributed by atoms with E-state index in [1.807, 2.05) is 0 Å². The Kier molecular flexibility index (Phi) is 3.51. The average Bonchev–Trinajstić information content (AvgIpc) is 1.83. The highest BCUT2D eigenvalue weighted by molar-refractivity contribution is 5.66. The molecule has 0 aliphatic carbocycles. The van der Waals surface area contributed by atoms with Gasteiger partial charge in [-0.15, -0.1) is 0 Å². The van der Waals surface area contributed by atoms with Crippen LogP contribution in [0.5, 0.6) is 0 Å². The maximum atomic E-state index is 9.92. The lowest BCUT2D eigenvalue weighted by molar-refractivity contribution is -0.137. The molecule has 3 nitrogen and oxygen atoms in total. The van der Waals surface area contributed by atoms with Crippen molar-refractivity contribution in [2.75, 3.05) is 7.11 Å². The minimum Gasteiger partial charge on any atom is -0.502 e.